The van der Waals surface area contributed by atoms with Crippen molar-refractivity contribution in [3.05, 3.63) is 66.0 Å². The molecule has 1 aromatic carbocycles. The van der Waals surface area contributed by atoms with Gasteiger partial charge in [-0.1, -0.05) is 59.5 Å². The maximum absolute atomic E-state index is 4.30. The summed E-state index contributed by atoms with van der Waals surface area (Å²) in [6.07, 6.45) is 2.80. The molecule has 0 saturated carbocycles. The van der Waals surface area contributed by atoms with Gasteiger partial charge in [-0.2, -0.15) is 0 Å². The fourth-order valence-corrected chi connectivity index (χ4v) is 3.61. The van der Waals surface area contributed by atoms with E-state index in [4.69, 9.17) is 0 Å². The van der Waals surface area contributed by atoms with Crippen molar-refractivity contribution >= 4 is 28.2 Å². The molecule has 0 aliphatic carbocycles. The van der Waals surface area contributed by atoms with Gasteiger partial charge in [0, 0.05) is 18.5 Å². The Morgan fingerprint density at radius 2 is 1.86 bits per heavy atom. The van der Waals surface area contributed by atoms with E-state index >= 15 is 0 Å². The van der Waals surface area contributed by atoms with Gasteiger partial charge >= 0.3 is 0 Å². The molecule has 112 valence electrons. The molecule has 0 bridgehead atoms. The first-order valence-corrected chi connectivity index (χ1v) is 8.84. The van der Waals surface area contributed by atoms with Crippen molar-refractivity contribution in [3.63, 3.8) is 0 Å². The molecule has 0 fully saturated rings. The maximum Gasteiger partial charge on any atom is 0.206 e. The minimum Gasteiger partial charge on any atom is -0.360 e. The van der Waals surface area contributed by atoms with Crippen LogP contribution < -0.4 is 5.32 Å². The molecule has 22 heavy (non-hydrogen) atoms. The smallest absolute Gasteiger partial charge is 0.206 e. The highest BCUT2D eigenvalue weighted by Gasteiger charge is 2.05. The lowest BCUT2D eigenvalue weighted by Crippen LogP contribution is -2.04. The molecule has 3 aromatic rings. The van der Waals surface area contributed by atoms with Crippen molar-refractivity contribution in [1.82, 2.24) is 15.2 Å². The lowest BCUT2D eigenvalue weighted by atomic mass is 10.2. The van der Waals surface area contributed by atoms with Gasteiger partial charge in [0.25, 0.3) is 0 Å². The zero-order chi connectivity index (χ0) is 15.0. The van der Waals surface area contributed by atoms with E-state index in [2.05, 4.69) is 44.8 Å². The van der Waals surface area contributed by atoms with E-state index in [0.29, 0.717) is 0 Å². The first-order chi connectivity index (χ1) is 10.9. The Balaban J connectivity index is 1.45. The number of thioether (sulfide) groups is 1. The average Bonchev–Trinajstić information content (AvgIpc) is 3.03. The Labute approximate surface area is 138 Å². The molecular formula is C16H16N4S2. The monoisotopic (exact) mass is 328 g/mol. The summed E-state index contributed by atoms with van der Waals surface area (Å²) in [6.45, 7) is 0.865. The highest BCUT2D eigenvalue weighted by molar-refractivity contribution is 8.00. The van der Waals surface area contributed by atoms with Crippen LogP contribution in [0.5, 0.6) is 0 Å². The van der Waals surface area contributed by atoms with Crippen molar-refractivity contribution in [2.45, 2.75) is 16.5 Å². The fraction of sp³-hybridized carbons (Fsp3) is 0.188. The Morgan fingerprint density at radius 1 is 1.00 bits per heavy atom. The average molecular weight is 328 g/mol. The largest absolute Gasteiger partial charge is 0.360 e. The quantitative estimate of drug-likeness (QED) is 0.667. The number of benzene rings is 1. The lowest BCUT2D eigenvalue weighted by molar-refractivity contribution is 0.972. The Bertz CT molecular complexity index is 686. The van der Waals surface area contributed by atoms with Crippen LogP contribution >= 0.6 is 23.1 Å². The number of nitrogens with zero attached hydrogens (tertiary/aromatic N) is 3. The van der Waals surface area contributed by atoms with E-state index < -0.39 is 0 Å². The van der Waals surface area contributed by atoms with E-state index in [0.717, 1.165) is 33.9 Å². The molecule has 3 rings (SSSR count). The summed E-state index contributed by atoms with van der Waals surface area (Å²) < 4.78 is 0.966. The molecule has 0 spiro atoms. The number of rotatable bonds is 7. The van der Waals surface area contributed by atoms with Gasteiger partial charge < -0.3 is 5.32 Å². The van der Waals surface area contributed by atoms with Crippen LogP contribution in [0.4, 0.5) is 5.13 Å². The first-order valence-electron chi connectivity index (χ1n) is 7.04. The predicted octanol–water partition coefficient (Wildman–Crippen LogP) is 3.88. The molecule has 0 amide bonds. The summed E-state index contributed by atoms with van der Waals surface area (Å²) in [5, 5.41) is 12.6. The minimum absolute atomic E-state index is 0.819. The van der Waals surface area contributed by atoms with Crippen molar-refractivity contribution in [3.8, 4) is 0 Å². The summed E-state index contributed by atoms with van der Waals surface area (Å²) in [5.41, 5.74) is 2.38. The van der Waals surface area contributed by atoms with E-state index in [1.807, 2.05) is 30.5 Å². The van der Waals surface area contributed by atoms with E-state index in [-0.39, 0.29) is 0 Å². The molecule has 0 aliphatic heterocycles. The number of hydrogen-bond donors (Lipinski definition) is 1. The van der Waals surface area contributed by atoms with Crippen LogP contribution in [-0.4, -0.2) is 21.7 Å². The Kier molecular flexibility index (Phi) is 5.39. The van der Waals surface area contributed by atoms with Gasteiger partial charge in [-0.15, -0.1) is 10.2 Å². The van der Waals surface area contributed by atoms with Crippen LogP contribution in [0.1, 0.15) is 11.3 Å². The lowest BCUT2D eigenvalue weighted by Gasteiger charge is -2.01. The standard InChI is InChI=1S/C16H16N4S2/c1-2-6-13(7-3-1)9-11-18-15-19-20-16(22-15)21-12-14-8-4-5-10-17-14/h1-8,10H,9,11-12H2,(H,18,19). The normalized spacial score (nSPS) is 10.5. The molecule has 0 aliphatic rings. The van der Waals surface area contributed by atoms with Crippen molar-refractivity contribution in [2.75, 3.05) is 11.9 Å². The molecule has 4 nitrogen and oxygen atoms in total. The molecule has 0 unspecified atom stereocenters. The van der Waals surface area contributed by atoms with Gasteiger partial charge in [0.2, 0.25) is 5.13 Å². The van der Waals surface area contributed by atoms with Crippen LogP contribution in [-0.2, 0) is 12.2 Å². The Morgan fingerprint density at radius 3 is 2.68 bits per heavy atom. The summed E-state index contributed by atoms with van der Waals surface area (Å²) in [7, 11) is 0. The summed E-state index contributed by atoms with van der Waals surface area (Å²) in [6, 6.07) is 16.4. The van der Waals surface area contributed by atoms with Gasteiger partial charge in [0.1, 0.15) is 0 Å². The number of anilines is 1. The Hall–Kier alpha value is -1.92. The topological polar surface area (TPSA) is 50.7 Å². The molecule has 0 saturated heterocycles. The highest BCUT2D eigenvalue weighted by Crippen LogP contribution is 2.27. The van der Waals surface area contributed by atoms with Crippen molar-refractivity contribution < 1.29 is 0 Å². The minimum atomic E-state index is 0.819. The van der Waals surface area contributed by atoms with Crippen LogP contribution in [0.25, 0.3) is 0 Å². The molecule has 6 heteroatoms. The van der Waals surface area contributed by atoms with Crippen LogP contribution in [0.2, 0.25) is 0 Å². The molecule has 1 N–H and O–H groups in total. The van der Waals surface area contributed by atoms with Gasteiger partial charge in [-0.3, -0.25) is 4.98 Å². The van der Waals surface area contributed by atoms with Gasteiger partial charge in [-0.25, -0.2) is 0 Å². The SMILES string of the molecule is c1ccc(CCNc2nnc(SCc3ccccn3)s2)cc1. The van der Waals surface area contributed by atoms with Gasteiger partial charge in [0.15, 0.2) is 4.34 Å². The van der Waals surface area contributed by atoms with Crippen molar-refractivity contribution in [1.29, 1.82) is 0 Å². The second-order valence-electron chi connectivity index (χ2n) is 4.65. The third kappa shape index (κ3) is 4.54. The predicted molar refractivity (Wildman–Crippen MR) is 92.3 cm³/mol. The summed E-state index contributed by atoms with van der Waals surface area (Å²) >= 11 is 3.26. The molecule has 0 atom stereocenters. The van der Waals surface area contributed by atoms with E-state index in [9.17, 15) is 0 Å². The number of pyridine rings is 1. The third-order valence-electron chi connectivity index (χ3n) is 3.01. The van der Waals surface area contributed by atoms with Gasteiger partial charge in [0.05, 0.1) is 5.69 Å². The zero-order valence-corrected chi connectivity index (χ0v) is 13.6. The second-order valence-corrected chi connectivity index (χ2v) is 6.85. The summed E-state index contributed by atoms with van der Waals surface area (Å²) in [5.74, 6) is 0.819. The van der Waals surface area contributed by atoms with Crippen molar-refractivity contribution in [2.24, 2.45) is 0 Å². The number of nitrogens with one attached hydrogen (secondary N) is 1. The first kappa shape index (κ1) is 15.0. The van der Waals surface area contributed by atoms with E-state index in [1.54, 1.807) is 23.1 Å². The third-order valence-corrected chi connectivity index (χ3v) is 5.06. The fourth-order valence-electron chi connectivity index (χ4n) is 1.92. The molecule has 2 heterocycles. The molecular weight excluding hydrogens is 312 g/mol. The summed E-state index contributed by atoms with van der Waals surface area (Å²) in [4.78, 5) is 4.30. The number of aromatic nitrogens is 3. The molecule has 2 aromatic heterocycles. The van der Waals surface area contributed by atoms with Crippen LogP contribution in [0.3, 0.4) is 0 Å². The van der Waals surface area contributed by atoms with E-state index in [1.165, 1.54) is 5.56 Å². The van der Waals surface area contributed by atoms with Gasteiger partial charge in [-0.05, 0) is 24.1 Å². The zero-order valence-electron chi connectivity index (χ0n) is 12.0. The highest BCUT2D eigenvalue weighted by atomic mass is 32.2. The molecule has 0 radical (unpaired) electrons. The number of hydrogen-bond acceptors (Lipinski definition) is 6. The second kappa shape index (κ2) is 7.91. The van der Waals surface area contributed by atoms with Crippen LogP contribution in [0.15, 0.2) is 59.1 Å². The van der Waals surface area contributed by atoms with Crippen LogP contribution in [0, 0.1) is 0 Å². The maximum atomic E-state index is 4.30.